The van der Waals surface area contributed by atoms with Crippen LogP contribution in [0.2, 0.25) is 0 Å². The minimum Gasteiger partial charge on any atom is -0.497 e. The van der Waals surface area contributed by atoms with Crippen LogP contribution >= 0.6 is 0 Å². The Morgan fingerprint density at radius 1 is 1.07 bits per heavy atom. The van der Waals surface area contributed by atoms with Crippen molar-refractivity contribution in [1.82, 2.24) is 9.80 Å². The maximum atomic E-state index is 13.0. The number of rotatable bonds is 8. The third kappa shape index (κ3) is 5.62. The molecule has 2 aromatic rings. The summed E-state index contributed by atoms with van der Waals surface area (Å²) in [5.74, 6) is 1.11. The summed E-state index contributed by atoms with van der Waals surface area (Å²) in [6.07, 6.45) is 3.82. The van der Waals surface area contributed by atoms with E-state index in [1.165, 1.54) is 0 Å². The van der Waals surface area contributed by atoms with Crippen molar-refractivity contribution < 1.29 is 14.3 Å². The molecule has 0 unspecified atom stereocenters. The summed E-state index contributed by atoms with van der Waals surface area (Å²) >= 11 is 0. The number of likely N-dealkylation sites (tertiary alicyclic amines) is 1. The van der Waals surface area contributed by atoms with Gasteiger partial charge in [-0.1, -0.05) is 37.3 Å². The maximum Gasteiger partial charge on any atom is 0.253 e. The summed E-state index contributed by atoms with van der Waals surface area (Å²) in [6, 6.07) is 17.5. The van der Waals surface area contributed by atoms with Gasteiger partial charge in [-0.05, 0) is 55.5 Å². The summed E-state index contributed by atoms with van der Waals surface area (Å²) in [6.45, 7) is 4.27. The third-order valence-electron chi connectivity index (χ3n) is 5.76. The first-order valence-electron chi connectivity index (χ1n) is 10.9. The molecule has 0 aromatic heterocycles. The lowest BCUT2D eigenvalue weighted by Crippen LogP contribution is -2.49. The highest BCUT2D eigenvalue weighted by molar-refractivity contribution is 5.94. The Balaban J connectivity index is 1.55. The minimum atomic E-state index is 0.0837. The monoisotopic (exact) mass is 408 g/mol. The van der Waals surface area contributed by atoms with Gasteiger partial charge in [-0.15, -0.1) is 0 Å². The Morgan fingerprint density at radius 2 is 1.80 bits per heavy atom. The highest BCUT2D eigenvalue weighted by Crippen LogP contribution is 2.21. The molecule has 0 atom stereocenters. The summed E-state index contributed by atoms with van der Waals surface area (Å²) < 4.78 is 5.28. The lowest BCUT2D eigenvalue weighted by atomic mass is 10.0. The molecule has 1 fully saturated rings. The minimum absolute atomic E-state index is 0.0837. The Kier molecular flexibility index (Phi) is 7.89. The van der Waals surface area contributed by atoms with Crippen molar-refractivity contribution in [3.05, 3.63) is 65.7 Å². The average Bonchev–Trinajstić information content (AvgIpc) is 2.81. The van der Waals surface area contributed by atoms with Crippen LogP contribution in [0.25, 0.3) is 0 Å². The van der Waals surface area contributed by atoms with Gasteiger partial charge in [-0.25, -0.2) is 0 Å². The van der Waals surface area contributed by atoms with Crippen LogP contribution in [0.5, 0.6) is 5.75 Å². The van der Waals surface area contributed by atoms with Crippen molar-refractivity contribution in [1.29, 1.82) is 0 Å². The Bertz CT molecular complexity index is 829. The van der Waals surface area contributed by atoms with Crippen LogP contribution in [0.4, 0.5) is 0 Å². The van der Waals surface area contributed by atoms with Gasteiger partial charge < -0.3 is 14.5 Å². The number of carbonyl (C=O) groups excluding carboxylic acids is 2. The van der Waals surface area contributed by atoms with Crippen molar-refractivity contribution in [3.8, 4) is 5.75 Å². The molecule has 160 valence electrons. The first kappa shape index (κ1) is 21.9. The number of methoxy groups -OCH3 is 1. The molecule has 0 aliphatic carbocycles. The molecule has 1 saturated heterocycles. The zero-order valence-electron chi connectivity index (χ0n) is 18.0. The zero-order chi connectivity index (χ0) is 21.3. The average molecular weight is 409 g/mol. The second-order valence-electron chi connectivity index (χ2n) is 7.83. The van der Waals surface area contributed by atoms with Gasteiger partial charge in [0.1, 0.15) is 5.75 Å². The van der Waals surface area contributed by atoms with E-state index >= 15 is 0 Å². The molecule has 0 bridgehead atoms. The number of amides is 2. The van der Waals surface area contributed by atoms with Gasteiger partial charge in [0, 0.05) is 37.7 Å². The fourth-order valence-electron chi connectivity index (χ4n) is 4.12. The molecular formula is C25H32N2O3. The number of carbonyl (C=O) groups is 2. The normalized spacial score (nSPS) is 14.4. The van der Waals surface area contributed by atoms with Crippen LogP contribution < -0.4 is 4.74 Å². The van der Waals surface area contributed by atoms with Crippen LogP contribution in [0.15, 0.2) is 54.6 Å². The van der Waals surface area contributed by atoms with E-state index in [1.807, 2.05) is 64.4 Å². The Labute approximate surface area is 179 Å². The van der Waals surface area contributed by atoms with Crippen LogP contribution in [0, 0.1) is 0 Å². The highest BCUT2D eigenvalue weighted by Gasteiger charge is 2.29. The van der Waals surface area contributed by atoms with Crippen LogP contribution in [0.3, 0.4) is 0 Å². The fraction of sp³-hybridized carbons (Fsp3) is 0.440. The largest absolute Gasteiger partial charge is 0.497 e. The van der Waals surface area contributed by atoms with Crippen LogP contribution in [0.1, 0.15) is 48.5 Å². The molecular weight excluding hydrogens is 376 g/mol. The van der Waals surface area contributed by atoms with E-state index in [-0.39, 0.29) is 17.9 Å². The lowest BCUT2D eigenvalue weighted by molar-refractivity contribution is -0.134. The maximum absolute atomic E-state index is 13.0. The van der Waals surface area contributed by atoms with Crippen molar-refractivity contribution in [2.75, 3.05) is 26.7 Å². The number of aryl methyl sites for hydroxylation is 1. The molecule has 0 saturated carbocycles. The molecule has 1 heterocycles. The van der Waals surface area contributed by atoms with E-state index < -0.39 is 0 Å². The van der Waals surface area contributed by atoms with Crippen molar-refractivity contribution in [3.63, 3.8) is 0 Å². The number of benzene rings is 2. The van der Waals surface area contributed by atoms with Crippen LogP contribution in [-0.4, -0.2) is 54.4 Å². The fourth-order valence-corrected chi connectivity index (χ4v) is 4.12. The summed E-state index contributed by atoms with van der Waals surface area (Å²) in [5, 5.41) is 0. The number of hydrogen-bond acceptors (Lipinski definition) is 3. The van der Waals surface area contributed by atoms with Crippen LogP contribution in [-0.2, 0) is 11.2 Å². The molecule has 0 radical (unpaired) electrons. The summed E-state index contributed by atoms with van der Waals surface area (Å²) in [4.78, 5) is 29.7. The molecule has 2 aromatic carbocycles. The van der Waals surface area contributed by atoms with E-state index in [2.05, 4.69) is 6.92 Å². The smallest absolute Gasteiger partial charge is 0.253 e. The van der Waals surface area contributed by atoms with Crippen molar-refractivity contribution in [2.45, 2.75) is 45.1 Å². The summed E-state index contributed by atoms with van der Waals surface area (Å²) in [5.41, 5.74) is 1.85. The molecule has 1 aliphatic heterocycles. The molecule has 3 rings (SSSR count). The predicted octanol–water partition coefficient (Wildman–Crippen LogP) is 4.17. The molecule has 0 spiro atoms. The summed E-state index contributed by atoms with van der Waals surface area (Å²) in [7, 11) is 1.65. The van der Waals surface area contributed by atoms with Gasteiger partial charge in [-0.2, -0.15) is 0 Å². The quantitative estimate of drug-likeness (QED) is 0.659. The molecule has 1 aliphatic rings. The third-order valence-corrected chi connectivity index (χ3v) is 5.76. The first-order chi connectivity index (χ1) is 14.6. The van der Waals surface area contributed by atoms with Gasteiger partial charge in [0.15, 0.2) is 0 Å². The number of ether oxygens (including phenoxy) is 1. The van der Waals surface area contributed by atoms with E-state index in [4.69, 9.17) is 4.74 Å². The molecule has 0 N–H and O–H groups in total. The Morgan fingerprint density at radius 3 is 2.47 bits per heavy atom. The standard InChI is InChI=1S/C25H32N2O3/c1-3-16-27(24(28)13-12-20-8-7-11-23(19-20)30-2)22-14-17-26(18-15-22)25(29)21-9-5-4-6-10-21/h4-11,19,22H,3,12-18H2,1-2H3. The zero-order valence-corrected chi connectivity index (χ0v) is 18.0. The second-order valence-corrected chi connectivity index (χ2v) is 7.83. The van der Waals surface area contributed by atoms with Gasteiger partial charge in [0.05, 0.1) is 7.11 Å². The van der Waals surface area contributed by atoms with Crippen molar-refractivity contribution in [2.24, 2.45) is 0 Å². The Hall–Kier alpha value is -2.82. The van der Waals surface area contributed by atoms with E-state index in [1.54, 1.807) is 7.11 Å². The van der Waals surface area contributed by atoms with Gasteiger partial charge in [0.25, 0.3) is 5.91 Å². The SMILES string of the molecule is CCCN(C(=O)CCc1cccc(OC)c1)C1CCN(C(=O)c2ccccc2)CC1. The number of piperidine rings is 1. The molecule has 5 heteroatoms. The number of nitrogens with zero attached hydrogens (tertiary/aromatic N) is 2. The van der Waals surface area contributed by atoms with E-state index in [9.17, 15) is 9.59 Å². The second kappa shape index (κ2) is 10.8. The lowest BCUT2D eigenvalue weighted by Gasteiger charge is -2.38. The first-order valence-corrected chi connectivity index (χ1v) is 10.9. The van der Waals surface area contributed by atoms with Gasteiger partial charge in [-0.3, -0.25) is 9.59 Å². The van der Waals surface area contributed by atoms with E-state index in [0.29, 0.717) is 25.9 Å². The molecule has 30 heavy (non-hydrogen) atoms. The number of hydrogen-bond donors (Lipinski definition) is 0. The highest BCUT2D eigenvalue weighted by atomic mass is 16.5. The molecule has 5 nitrogen and oxygen atoms in total. The van der Waals surface area contributed by atoms with E-state index in [0.717, 1.165) is 42.7 Å². The van der Waals surface area contributed by atoms with Crippen molar-refractivity contribution >= 4 is 11.8 Å². The predicted molar refractivity (Wildman–Crippen MR) is 119 cm³/mol. The topological polar surface area (TPSA) is 49.9 Å². The van der Waals surface area contributed by atoms with Gasteiger partial charge in [0.2, 0.25) is 5.91 Å². The molecule has 2 amide bonds. The van der Waals surface area contributed by atoms with Gasteiger partial charge >= 0.3 is 0 Å².